The third-order valence-electron chi connectivity index (χ3n) is 3.99. The highest BCUT2D eigenvalue weighted by Crippen LogP contribution is 2.23. The number of likely N-dealkylation sites (N-methyl/N-ethyl adjacent to an activating group) is 1. The van der Waals surface area contributed by atoms with Crippen molar-refractivity contribution in [2.24, 2.45) is 0 Å². The molecule has 0 radical (unpaired) electrons. The van der Waals surface area contributed by atoms with Crippen molar-refractivity contribution in [2.75, 3.05) is 13.3 Å². The first-order valence-corrected chi connectivity index (χ1v) is 10.1. The second-order valence-electron chi connectivity index (χ2n) is 5.70. The number of rotatable bonds is 5. The van der Waals surface area contributed by atoms with E-state index in [2.05, 4.69) is 15.1 Å². The van der Waals surface area contributed by atoms with Crippen molar-refractivity contribution in [3.05, 3.63) is 38.3 Å². The maximum absolute atomic E-state index is 12.6. The van der Waals surface area contributed by atoms with Crippen LogP contribution in [0.2, 0.25) is 4.34 Å². The van der Waals surface area contributed by atoms with Gasteiger partial charge in [-0.3, -0.25) is 4.79 Å². The standard InChI is InChI=1S/C16H18ClN5OS2/c1-9-12(10(2)22-15(18-9)19-16(20-22)24-4)7-14(23)21(3)8-11-5-6-13(17)25-11/h5-6H,7-8H2,1-4H3. The minimum Gasteiger partial charge on any atom is -0.340 e. The lowest BCUT2D eigenvalue weighted by atomic mass is 10.1. The van der Waals surface area contributed by atoms with Gasteiger partial charge in [0.25, 0.3) is 5.78 Å². The summed E-state index contributed by atoms with van der Waals surface area (Å²) >= 11 is 8.91. The molecule has 0 atom stereocenters. The van der Waals surface area contributed by atoms with Crippen LogP contribution in [0.25, 0.3) is 5.78 Å². The van der Waals surface area contributed by atoms with Gasteiger partial charge in [-0.1, -0.05) is 23.4 Å². The first kappa shape index (κ1) is 18.2. The molecule has 0 saturated heterocycles. The Morgan fingerprint density at radius 3 is 2.76 bits per heavy atom. The Morgan fingerprint density at radius 2 is 2.12 bits per heavy atom. The molecule has 1 amide bonds. The van der Waals surface area contributed by atoms with E-state index in [4.69, 9.17) is 11.6 Å². The summed E-state index contributed by atoms with van der Waals surface area (Å²) in [4.78, 5) is 24.3. The number of hydrogen-bond donors (Lipinski definition) is 0. The van der Waals surface area contributed by atoms with Crippen LogP contribution in [0.3, 0.4) is 0 Å². The number of aryl methyl sites for hydroxylation is 2. The smallest absolute Gasteiger partial charge is 0.253 e. The number of nitrogens with zero attached hydrogens (tertiary/aromatic N) is 5. The Kier molecular flexibility index (Phi) is 5.31. The molecule has 25 heavy (non-hydrogen) atoms. The summed E-state index contributed by atoms with van der Waals surface area (Å²) in [5, 5.41) is 5.09. The normalized spacial score (nSPS) is 11.2. The highest BCUT2D eigenvalue weighted by molar-refractivity contribution is 7.98. The van der Waals surface area contributed by atoms with E-state index in [9.17, 15) is 4.79 Å². The lowest BCUT2D eigenvalue weighted by Gasteiger charge is -2.18. The molecule has 0 aliphatic carbocycles. The second-order valence-corrected chi connectivity index (χ2v) is 8.28. The number of hydrogen-bond acceptors (Lipinski definition) is 6. The Balaban J connectivity index is 1.82. The van der Waals surface area contributed by atoms with E-state index in [1.54, 1.807) is 16.5 Å². The maximum atomic E-state index is 12.6. The van der Waals surface area contributed by atoms with Crippen molar-refractivity contribution in [2.45, 2.75) is 32.0 Å². The molecule has 0 saturated carbocycles. The summed E-state index contributed by atoms with van der Waals surface area (Å²) in [5.74, 6) is 0.596. The fourth-order valence-corrected chi connectivity index (χ4v) is 4.05. The van der Waals surface area contributed by atoms with Crippen LogP contribution in [0.1, 0.15) is 21.8 Å². The largest absolute Gasteiger partial charge is 0.340 e. The number of carbonyl (C=O) groups is 1. The number of carbonyl (C=O) groups excluding carboxylic acids is 1. The Hall–Kier alpha value is -1.64. The molecule has 0 unspecified atom stereocenters. The molecule has 3 aromatic heterocycles. The van der Waals surface area contributed by atoms with Crippen LogP contribution >= 0.6 is 34.7 Å². The van der Waals surface area contributed by atoms with Gasteiger partial charge in [-0.15, -0.1) is 16.4 Å². The fourth-order valence-electron chi connectivity index (χ4n) is 2.58. The lowest BCUT2D eigenvalue weighted by molar-refractivity contribution is -0.129. The zero-order valence-corrected chi connectivity index (χ0v) is 16.8. The van der Waals surface area contributed by atoms with Gasteiger partial charge in [0.1, 0.15) is 0 Å². The topological polar surface area (TPSA) is 63.4 Å². The fraction of sp³-hybridized carbons (Fsp3) is 0.375. The molecule has 0 N–H and O–H groups in total. The van der Waals surface area contributed by atoms with Gasteiger partial charge in [-0.25, -0.2) is 9.50 Å². The molecule has 0 aromatic carbocycles. The van der Waals surface area contributed by atoms with Crippen molar-refractivity contribution in [3.63, 3.8) is 0 Å². The SMILES string of the molecule is CSc1nc2nc(C)c(CC(=O)N(C)Cc3ccc(Cl)s3)c(C)n2n1. The molecular weight excluding hydrogens is 378 g/mol. The molecule has 0 aliphatic heterocycles. The Morgan fingerprint density at radius 1 is 1.36 bits per heavy atom. The lowest BCUT2D eigenvalue weighted by Crippen LogP contribution is -2.28. The summed E-state index contributed by atoms with van der Waals surface area (Å²) in [7, 11) is 1.80. The molecule has 9 heteroatoms. The minimum absolute atomic E-state index is 0.0297. The third kappa shape index (κ3) is 3.80. The quantitative estimate of drug-likeness (QED) is 0.619. The van der Waals surface area contributed by atoms with Gasteiger partial charge >= 0.3 is 0 Å². The van der Waals surface area contributed by atoms with Gasteiger partial charge in [-0.2, -0.15) is 4.98 Å². The van der Waals surface area contributed by atoms with Crippen LogP contribution in [0.15, 0.2) is 17.3 Å². The zero-order valence-electron chi connectivity index (χ0n) is 14.4. The van der Waals surface area contributed by atoms with Gasteiger partial charge in [0.15, 0.2) is 0 Å². The minimum atomic E-state index is 0.0297. The predicted molar refractivity (Wildman–Crippen MR) is 102 cm³/mol. The second kappa shape index (κ2) is 7.31. The molecule has 3 rings (SSSR count). The molecular formula is C16H18ClN5OS2. The number of fused-ring (bicyclic) bond motifs is 1. The average Bonchev–Trinajstić information content (AvgIpc) is 3.17. The molecule has 0 spiro atoms. The molecule has 0 fully saturated rings. The Bertz CT molecular complexity index is 936. The number of aromatic nitrogens is 4. The van der Waals surface area contributed by atoms with Crippen molar-refractivity contribution in [1.29, 1.82) is 0 Å². The maximum Gasteiger partial charge on any atom is 0.253 e. The summed E-state index contributed by atoms with van der Waals surface area (Å²) in [6, 6.07) is 3.79. The first-order chi connectivity index (χ1) is 11.9. The molecule has 0 aliphatic rings. The number of amides is 1. The van der Waals surface area contributed by atoms with E-state index in [0.29, 0.717) is 17.5 Å². The van der Waals surface area contributed by atoms with Crippen LogP contribution in [0.4, 0.5) is 0 Å². The number of thiophene rings is 1. The van der Waals surface area contributed by atoms with E-state index in [-0.39, 0.29) is 12.3 Å². The average molecular weight is 396 g/mol. The van der Waals surface area contributed by atoms with Crippen LogP contribution in [0.5, 0.6) is 0 Å². The van der Waals surface area contributed by atoms with Gasteiger partial charge < -0.3 is 4.90 Å². The van der Waals surface area contributed by atoms with Crippen molar-refractivity contribution in [3.8, 4) is 0 Å². The van der Waals surface area contributed by atoms with Crippen LogP contribution < -0.4 is 0 Å². The zero-order chi connectivity index (χ0) is 18.1. The molecule has 3 aromatic rings. The molecule has 3 heterocycles. The van der Waals surface area contributed by atoms with E-state index in [1.807, 2.05) is 32.2 Å². The van der Waals surface area contributed by atoms with Gasteiger partial charge in [-0.05, 0) is 32.2 Å². The van der Waals surface area contributed by atoms with E-state index < -0.39 is 0 Å². The highest BCUT2D eigenvalue weighted by atomic mass is 35.5. The van der Waals surface area contributed by atoms with E-state index >= 15 is 0 Å². The third-order valence-corrected chi connectivity index (χ3v) is 5.74. The van der Waals surface area contributed by atoms with Crippen LogP contribution in [0, 0.1) is 13.8 Å². The van der Waals surface area contributed by atoms with Gasteiger partial charge in [0.05, 0.1) is 17.3 Å². The van der Waals surface area contributed by atoms with Crippen LogP contribution in [-0.2, 0) is 17.8 Å². The molecule has 6 nitrogen and oxygen atoms in total. The molecule has 0 bridgehead atoms. The monoisotopic (exact) mass is 395 g/mol. The van der Waals surface area contributed by atoms with E-state index in [0.717, 1.165) is 26.2 Å². The van der Waals surface area contributed by atoms with Crippen LogP contribution in [-0.4, -0.2) is 43.7 Å². The summed E-state index contributed by atoms with van der Waals surface area (Å²) in [6.45, 7) is 4.40. The molecule has 132 valence electrons. The number of halogens is 1. The first-order valence-electron chi connectivity index (χ1n) is 7.64. The van der Waals surface area contributed by atoms with E-state index in [1.165, 1.54) is 23.1 Å². The van der Waals surface area contributed by atoms with Crippen molar-refractivity contribution < 1.29 is 4.79 Å². The summed E-state index contributed by atoms with van der Waals surface area (Å²) < 4.78 is 2.44. The summed E-state index contributed by atoms with van der Waals surface area (Å²) in [5.41, 5.74) is 2.60. The predicted octanol–water partition coefficient (Wildman–Crippen LogP) is 3.38. The van der Waals surface area contributed by atoms with Crippen molar-refractivity contribution in [1.82, 2.24) is 24.5 Å². The van der Waals surface area contributed by atoms with Gasteiger partial charge in [0, 0.05) is 28.9 Å². The summed E-state index contributed by atoms with van der Waals surface area (Å²) in [6.07, 6.45) is 2.21. The van der Waals surface area contributed by atoms with Gasteiger partial charge in [0.2, 0.25) is 11.1 Å². The van der Waals surface area contributed by atoms with Crippen molar-refractivity contribution >= 4 is 46.4 Å². The highest BCUT2D eigenvalue weighted by Gasteiger charge is 2.18. The number of thioether (sulfide) groups is 1. The Labute approximate surface area is 159 Å².